The molecule has 8 heteroatoms. The van der Waals surface area contributed by atoms with Crippen molar-refractivity contribution in [1.29, 1.82) is 0 Å². The fraction of sp³-hybridized carbons (Fsp3) is 0.500. The number of benzene rings is 1. The van der Waals surface area contributed by atoms with Crippen molar-refractivity contribution in [2.45, 2.75) is 50.5 Å². The molecule has 0 aliphatic rings. The van der Waals surface area contributed by atoms with Gasteiger partial charge in [-0.15, -0.1) is 0 Å². The summed E-state index contributed by atoms with van der Waals surface area (Å²) in [5.41, 5.74) is 0.866. The van der Waals surface area contributed by atoms with Gasteiger partial charge in [0.1, 0.15) is 37.1 Å². The second-order valence-corrected chi connectivity index (χ2v) is 5.82. The van der Waals surface area contributed by atoms with Gasteiger partial charge in [0.05, 0.1) is 6.61 Å². The average molecular weight is 370 g/mol. The minimum absolute atomic E-state index is 0.0414. The first-order valence-electron chi connectivity index (χ1n) is 8.24. The van der Waals surface area contributed by atoms with E-state index in [1.807, 2.05) is 6.07 Å². The molecule has 0 amide bonds. The van der Waals surface area contributed by atoms with E-state index in [9.17, 15) is 30.3 Å². The summed E-state index contributed by atoms with van der Waals surface area (Å²) in [6.45, 7) is 0.859. The summed E-state index contributed by atoms with van der Waals surface area (Å²) in [7, 11) is 0. The number of hydrogen-bond donors (Lipinski definition) is 6. The molecule has 8 nitrogen and oxygen atoms in total. The number of carbonyl (C=O) groups excluding carboxylic acids is 1. The third kappa shape index (κ3) is 6.49. The van der Waals surface area contributed by atoms with Crippen LogP contribution in [0.5, 0.6) is 0 Å². The normalized spacial score (nSPS) is 17.9. The summed E-state index contributed by atoms with van der Waals surface area (Å²) >= 11 is 0. The van der Waals surface area contributed by atoms with E-state index in [1.54, 1.807) is 31.2 Å². The SMILES string of the molecule is CCC(=CC(O)[C@H](O)[C@@H](O)[C@H](O)[C@H](O)CO)C(=O)OCc1ccccc1. The maximum Gasteiger partial charge on any atom is 0.334 e. The fourth-order valence-electron chi connectivity index (χ4n) is 2.19. The molecular formula is C18H26O8. The van der Waals surface area contributed by atoms with Crippen molar-refractivity contribution in [2.24, 2.45) is 0 Å². The zero-order valence-electron chi connectivity index (χ0n) is 14.5. The molecule has 6 N–H and O–H groups in total. The van der Waals surface area contributed by atoms with Crippen molar-refractivity contribution in [3.8, 4) is 0 Å². The van der Waals surface area contributed by atoms with E-state index in [0.29, 0.717) is 0 Å². The number of aliphatic hydroxyl groups excluding tert-OH is 6. The van der Waals surface area contributed by atoms with Crippen molar-refractivity contribution >= 4 is 5.97 Å². The van der Waals surface area contributed by atoms with E-state index in [1.165, 1.54) is 0 Å². The number of hydrogen-bond acceptors (Lipinski definition) is 8. The summed E-state index contributed by atoms with van der Waals surface area (Å²) in [4.78, 5) is 12.1. The van der Waals surface area contributed by atoms with Gasteiger partial charge in [0.15, 0.2) is 0 Å². The smallest absolute Gasteiger partial charge is 0.334 e. The zero-order valence-corrected chi connectivity index (χ0v) is 14.5. The molecular weight excluding hydrogens is 344 g/mol. The van der Waals surface area contributed by atoms with Crippen LogP contribution in [0.15, 0.2) is 42.0 Å². The molecule has 0 bridgehead atoms. The van der Waals surface area contributed by atoms with Crippen molar-refractivity contribution in [1.82, 2.24) is 0 Å². The molecule has 1 aromatic carbocycles. The van der Waals surface area contributed by atoms with E-state index >= 15 is 0 Å². The van der Waals surface area contributed by atoms with Crippen LogP contribution >= 0.6 is 0 Å². The Morgan fingerprint density at radius 1 is 1.04 bits per heavy atom. The van der Waals surface area contributed by atoms with Crippen LogP contribution in [0.1, 0.15) is 18.9 Å². The van der Waals surface area contributed by atoms with Gasteiger partial charge >= 0.3 is 5.97 Å². The lowest BCUT2D eigenvalue weighted by atomic mass is 9.97. The number of ether oxygens (including phenoxy) is 1. The minimum Gasteiger partial charge on any atom is -0.457 e. The lowest BCUT2D eigenvalue weighted by molar-refractivity contribution is -0.141. The van der Waals surface area contributed by atoms with Gasteiger partial charge in [-0.2, -0.15) is 0 Å². The third-order valence-electron chi connectivity index (χ3n) is 3.86. The van der Waals surface area contributed by atoms with E-state index in [0.717, 1.165) is 11.6 Å². The Labute approximate surface area is 151 Å². The molecule has 0 heterocycles. The molecule has 0 spiro atoms. The molecule has 1 unspecified atom stereocenters. The molecule has 0 fully saturated rings. The maximum atomic E-state index is 12.1. The fourth-order valence-corrected chi connectivity index (χ4v) is 2.19. The van der Waals surface area contributed by atoms with Gasteiger partial charge in [0.25, 0.3) is 0 Å². The van der Waals surface area contributed by atoms with E-state index in [-0.39, 0.29) is 18.6 Å². The van der Waals surface area contributed by atoms with Gasteiger partial charge in [0.2, 0.25) is 0 Å². The van der Waals surface area contributed by atoms with Crippen LogP contribution in [0.4, 0.5) is 0 Å². The van der Waals surface area contributed by atoms with Gasteiger partial charge in [-0.05, 0) is 18.1 Å². The standard InChI is InChI=1S/C18H26O8/c1-2-12(18(25)26-10-11-6-4-3-5-7-11)8-13(20)15(22)17(24)16(23)14(21)9-19/h3-8,13-17,19-24H,2,9-10H2,1H3/t13?,14-,15+,16-,17-/m1/s1. The molecule has 0 radical (unpaired) electrons. The Kier molecular flexibility index (Phi) is 9.42. The maximum absolute atomic E-state index is 12.1. The molecule has 0 saturated carbocycles. The van der Waals surface area contributed by atoms with Crippen LogP contribution < -0.4 is 0 Å². The summed E-state index contributed by atoms with van der Waals surface area (Å²) in [5, 5.41) is 57.2. The highest BCUT2D eigenvalue weighted by molar-refractivity contribution is 5.88. The zero-order chi connectivity index (χ0) is 19.7. The summed E-state index contributed by atoms with van der Waals surface area (Å²) in [6.07, 6.45) is -7.82. The lowest BCUT2D eigenvalue weighted by Crippen LogP contribution is -2.49. The Morgan fingerprint density at radius 2 is 1.65 bits per heavy atom. The summed E-state index contributed by atoms with van der Waals surface area (Å²) in [6, 6.07) is 8.99. The molecule has 1 aromatic rings. The Bertz CT molecular complexity index is 574. The predicted molar refractivity (Wildman–Crippen MR) is 91.7 cm³/mol. The van der Waals surface area contributed by atoms with Gasteiger partial charge in [-0.3, -0.25) is 0 Å². The number of esters is 1. The molecule has 1 rings (SSSR count). The summed E-state index contributed by atoms with van der Waals surface area (Å²) in [5.74, 6) is -0.687. The van der Waals surface area contributed by atoms with Gasteiger partial charge in [-0.1, -0.05) is 37.3 Å². The van der Waals surface area contributed by atoms with E-state index in [4.69, 9.17) is 9.84 Å². The molecule has 0 aliphatic carbocycles. The number of rotatable bonds is 10. The van der Waals surface area contributed by atoms with Gasteiger partial charge in [-0.25, -0.2) is 4.79 Å². The van der Waals surface area contributed by atoms with Crippen LogP contribution in [0.2, 0.25) is 0 Å². The van der Waals surface area contributed by atoms with E-state index < -0.39 is 43.1 Å². The highest BCUT2D eigenvalue weighted by Crippen LogP contribution is 2.14. The van der Waals surface area contributed by atoms with Crippen LogP contribution in [-0.4, -0.2) is 73.7 Å². The molecule has 0 saturated heterocycles. The van der Waals surface area contributed by atoms with Crippen LogP contribution in [0, 0.1) is 0 Å². The molecule has 0 aliphatic heterocycles. The third-order valence-corrected chi connectivity index (χ3v) is 3.86. The monoisotopic (exact) mass is 370 g/mol. The Morgan fingerprint density at radius 3 is 2.19 bits per heavy atom. The lowest BCUT2D eigenvalue weighted by Gasteiger charge is -2.27. The second kappa shape index (κ2) is 11.0. The van der Waals surface area contributed by atoms with E-state index in [2.05, 4.69) is 0 Å². The molecule has 0 aromatic heterocycles. The van der Waals surface area contributed by atoms with Crippen LogP contribution in [0.3, 0.4) is 0 Å². The topological polar surface area (TPSA) is 148 Å². The summed E-state index contributed by atoms with van der Waals surface area (Å²) < 4.78 is 5.14. The highest BCUT2D eigenvalue weighted by Gasteiger charge is 2.33. The number of carbonyl (C=O) groups is 1. The molecule has 146 valence electrons. The Hall–Kier alpha value is -1.81. The van der Waals surface area contributed by atoms with Gasteiger partial charge in [0, 0.05) is 5.57 Å². The molecule has 26 heavy (non-hydrogen) atoms. The van der Waals surface area contributed by atoms with Crippen LogP contribution in [0.25, 0.3) is 0 Å². The van der Waals surface area contributed by atoms with Crippen LogP contribution in [-0.2, 0) is 16.1 Å². The van der Waals surface area contributed by atoms with Crippen molar-refractivity contribution in [2.75, 3.05) is 6.61 Å². The van der Waals surface area contributed by atoms with Crippen molar-refractivity contribution in [3.63, 3.8) is 0 Å². The first-order valence-corrected chi connectivity index (χ1v) is 8.24. The quantitative estimate of drug-likeness (QED) is 0.224. The van der Waals surface area contributed by atoms with Crippen molar-refractivity contribution in [3.05, 3.63) is 47.5 Å². The number of aliphatic hydroxyl groups is 6. The first-order chi connectivity index (χ1) is 12.3. The van der Waals surface area contributed by atoms with Crippen molar-refractivity contribution < 1.29 is 40.2 Å². The van der Waals surface area contributed by atoms with Gasteiger partial charge < -0.3 is 35.4 Å². The largest absolute Gasteiger partial charge is 0.457 e. The highest BCUT2D eigenvalue weighted by atomic mass is 16.5. The Balaban J connectivity index is 2.71. The first kappa shape index (κ1) is 22.2. The molecule has 5 atom stereocenters. The second-order valence-electron chi connectivity index (χ2n) is 5.82. The predicted octanol–water partition coefficient (Wildman–Crippen LogP) is -1.14. The average Bonchev–Trinajstić information content (AvgIpc) is 2.68. The minimum atomic E-state index is -1.93.